The largest absolute Gasteiger partial charge is 0.545 e. The van der Waals surface area contributed by atoms with Gasteiger partial charge in [0.2, 0.25) is 0 Å². The van der Waals surface area contributed by atoms with Crippen molar-refractivity contribution in [3.05, 3.63) is 122 Å². The third kappa shape index (κ3) is 71.1. The molecule has 9 nitrogen and oxygen atoms in total. The van der Waals surface area contributed by atoms with E-state index in [9.17, 15) is 19.5 Å². The highest BCUT2D eigenvalue weighted by atomic mass is 16.7. The van der Waals surface area contributed by atoms with Crippen LogP contribution in [0.2, 0.25) is 0 Å². The van der Waals surface area contributed by atoms with Gasteiger partial charge in [0.15, 0.2) is 12.4 Å². The van der Waals surface area contributed by atoms with Gasteiger partial charge in [-0.1, -0.05) is 334 Å². The monoisotopic (exact) mass is 1250 g/mol. The maximum atomic E-state index is 12.9. The summed E-state index contributed by atoms with van der Waals surface area (Å²) in [5.41, 5.74) is 0. The van der Waals surface area contributed by atoms with Crippen molar-refractivity contribution in [2.24, 2.45) is 0 Å². The summed E-state index contributed by atoms with van der Waals surface area (Å²) in [7, 11) is 5.93. The molecule has 0 saturated carbocycles. The van der Waals surface area contributed by atoms with E-state index in [2.05, 4.69) is 135 Å². The highest BCUT2D eigenvalue weighted by Gasteiger charge is 2.22. The summed E-state index contributed by atoms with van der Waals surface area (Å²) in [6.07, 6.45) is 97.2. The molecule has 90 heavy (non-hydrogen) atoms. The maximum absolute atomic E-state index is 12.9. The summed E-state index contributed by atoms with van der Waals surface area (Å²) in [4.78, 5) is 37.5. The molecular formula is C81H139NO8. The van der Waals surface area contributed by atoms with E-state index < -0.39 is 24.3 Å². The number of unbranched alkanes of at least 4 members (excludes halogenated alkanes) is 33. The minimum absolute atomic E-state index is 0.142. The lowest BCUT2D eigenvalue weighted by Crippen LogP contribution is -2.44. The summed E-state index contributed by atoms with van der Waals surface area (Å²) in [6, 6.07) is 0. The number of ether oxygens (including phenoxy) is 4. The highest BCUT2D eigenvalue weighted by Crippen LogP contribution is 2.18. The lowest BCUT2D eigenvalue weighted by atomic mass is 10.0. The molecule has 0 saturated heterocycles. The fraction of sp³-hybridized carbons (Fsp3) is 0.716. The Morgan fingerprint density at radius 2 is 0.633 bits per heavy atom. The molecule has 0 aliphatic carbocycles. The van der Waals surface area contributed by atoms with E-state index in [4.69, 9.17) is 18.9 Å². The van der Waals surface area contributed by atoms with Crippen molar-refractivity contribution >= 4 is 17.9 Å². The zero-order chi connectivity index (χ0) is 65.4. The number of allylic oxidation sites excluding steroid dienone is 20. The van der Waals surface area contributed by atoms with Crippen molar-refractivity contribution in [2.75, 3.05) is 47.5 Å². The van der Waals surface area contributed by atoms with Crippen LogP contribution in [-0.2, 0) is 33.3 Å². The lowest BCUT2D eigenvalue weighted by molar-refractivity contribution is -0.870. The van der Waals surface area contributed by atoms with Gasteiger partial charge in [0, 0.05) is 12.8 Å². The van der Waals surface area contributed by atoms with E-state index in [1.807, 2.05) is 21.1 Å². The number of carbonyl (C=O) groups excluding carboxylic acids is 3. The molecule has 0 amide bonds. The van der Waals surface area contributed by atoms with Gasteiger partial charge < -0.3 is 33.3 Å². The molecule has 0 aromatic carbocycles. The number of hydrogen-bond donors (Lipinski definition) is 0. The van der Waals surface area contributed by atoms with E-state index in [0.29, 0.717) is 17.4 Å². The molecule has 0 fully saturated rings. The minimum atomic E-state index is -1.63. The van der Waals surface area contributed by atoms with Crippen molar-refractivity contribution < 1.29 is 42.9 Å². The fourth-order valence-electron chi connectivity index (χ4n) is 10.3. The van der Waals surface area contributed by atoms with Gasteiger partial charge in [-0.25, -0.2) is 0 Å². The molecule has 0 rings (SSSR count). The van der Waals surface area contributed by atoms with E-state index in [0.717, 1.165) is 109 Å². The van der Waals surface area contributed by atoms with E-state index in [-0.39, 0.29) is 38.6 Å². The third-order valence-electron chi connectivity index (χ3n) is 16.0. The zero-order valence-corrected chi connectivity index (χ0v) is 59.0. The first-order valence-corrected chi connectivity index (χ1v) is 37.2. The van der Waals surface area contributed by atoms with Crippen LogP contribution < -0.4 is 5.11 Å². The van der Waals surface area contributed by atoms with Crippen LogP contribution in [0.4, 0.5) is 0 Å². The quantitative estimate of drug-likeness (QED) is 0.0195. The van der Waals surface area contributed by atoms with Crippen molar-refractivity contribution in [1.29, 1.82) is 0 Å². The number of carbonyl (C=O) groups is 3. The topological polar surface area (TPSA) is 111 Å². The number of nitrogens with zero attached hydrogens (tertiary/aromatic N) is 1. The SMILES string of the molecule is CC/C=C\C/C=C\C/C=C\C/C=C\C/C=C\C/C=C\C/C=C\C/C=C\C/C=C\C/C=C\CCCCCCCCCCC(=O)OC(COC(=O)CCCCCCCCCCCCCCCCCCCCCCCCCCCC)COC(OCC[N+](C)(C)C)C(=O)[O-]. The molecule has 0 heterocycles. The summed E-state index contributed by atoms with van der Waals surface area (Å²) >= 11 is 0. The van der Waals surface area contributed by atoms with Gasteiger partial charge in [0.1, 0.15) is 13.2 Å². The molecule has 0 aliphatic heterocycles. The number of likely N-dealkylation sites (N-methyl/N-ethyl adjacent to an activating group) is 1. The second-order valence-electron chi connectivity index (χ2n) is 25.9. The van der Waals surface area contributed by atoms with Crippen LogP contribution in [0, 0.1) is 0 Å². The Labute approximate surface area is 555 Å². The highest BCUT2D eigenvalue weighted by molar-refractivity contribution is 5.70. The number of carboxylic acids is 1. The number of esters is 2. The fourth-order valence-corrected chi connectivity index (χ4v) is 10.3. The molecule has 0 spiro atoms. The molecule has 2 atom stereocenters. The first kappa shape index (κ1) is 85.7. The normalized spacial score (nSPS) is 13.4. The Morgan fingerprint density at radius 3 is 0.944 bits per heavy atom. The van der Waals surface area contributed by atoms with Crippen LogP contribution >= 0.6 is 0 Å². The van der Waals surface area contributed by atoms with E-state index in [1.54, 1.807) is 0 Å². The zero-order valence-electron chi connectivity index (χ0n) is 59.0. The number of carboxylic acid groups (broad SMARTS) is 1. The van der Waals surface area contributed by atoms with E-state index >= 15 is 0 Å². The van der Waals surface area contributed by atoms with E-state index in [1.165, 1.54) is 173 Å². The Balaban J connectivity index is 4.14. The van der Waals surface area contributed by atoms with Crippen molar-refractivity contribution in [1.82, 2.24) is 0 Å². The van der Waals surface area contributed by atoms with Crippen LogP contribution in [0.3, 0.4) is 0 Å². The number of aliphatic carboxylic acids is 1. The Bertz CT molecular complexity index is 1900. The van der Waals surface area contributed by atoms with Gasteiger partial charge in [-0.2, -0.15) is 0 Å². The van der Waals surface area contributed by atoms with Crippen molar-refractivity contribution in [3.63, 3.8) is 0 Å². The summed E-state index contributed by atoms with van der Waals surface area (Å²) in [6.45, 7) is 4.66. The Hall–Kier alpha value is -4.31. The van der Waals surface area contributed by atoms with Gasteiger partial charge in [0.05, 0.1) is 40.3 Å². The maximum Gasteiger partial charge on any atom is 0.306 e. The summed E-state index contributed by atoms with van der Waals surface area (Å²) in [5.74, 6) is -2.29. The molecule has 0 aromatic rings. The number of hydrogen-bond acceptors (Lipinski definition) is 8. The van der Waals surface area contributed by atoms with Crippen LogP contribution in [0.1, 0.15) is 316 Å². The molecular weight excluding hydrogens is 1110 g/mol. The van der Waals surface area contributed by atoms with Gasteiger partial charge >= 0.3 is 11.9 Å². The smallest absolute Gasteiger partial charge is 0.306 e. The molecule has 0 aromatic heterocycles. The standard InChI is InChI=1S/C81H139NO8/c1-6-8-10-12-14-16-18-20-22-24-26-28-30-32-34-35-36-37-38-39-40-41-42-43-44-45-46-48-50-52-54-56-58-60-62-64-66-68-70-72-79(84)90-77(76-89-81(80(85)86)87-74-73-82(3,4)5)75-88-78(83)71-69-67-65-63-61-59-57-55-53-51-49-47-33-31-29-27-25-23-21-19-17-15-13-11-9-7-2/h8,10,14,16,20,22,26,28,32,34,36-37,39-40,42-43,45-46,50,52,77,81H,6-7,9,11-13,15,17-19,21,23-25,27,29-31,33,35,38,41,44,47-49,51,53-76H2,1-5H3/b10-8-,16-14-,22-20-,28-26-,34-32-,37-36-,40-39-,43-42-,46-45-,52-50-. The predicted octanol–water partition coefficient (Wildman–Crippen LogP) is 22.2. The third-order valence-corrected chi connectivity index (χ3v) is 16.0. The first-order valence-electron chi connectivity index (χ1n) is 37.2. The molecule has 516 valence electrons. The molecule has 0 N–H and O–H groups in total. The van der Waals surface area contributed by atoms with Gasteiger partial charge in [-0.15, -0.1) is 0 Å². The van der Waals surface area contributed by atoms with Crippen LogP contribution in [0.5, 0.6) is 0 Å². The Morgan fingerprint density at radius 1 is 0.344 bits per heavy atom. The van der Waals surface area contributed by atoms with Crippen LogP contribution in [-0.4, -0.2) is 82.3 Å². The van der Waals surface area contributed by atoms with Crippen molar-refractivity contribution in [2.45, 2.75) is 328 Å². The van der Waals surface area contributed by atoms with Gasteiger partial charge in [0.25, 0.3) is 0 Å². The first-order chi connectivity index (χ1) is 44.1. The Kier molecular flexibility index (Phi) is 67.2. The van der Waals surface area contributed by atoms with Crippen LogP contribution in [0.15, 0.2) is 122 Å². The van der Waals surface area contributed by atoms with Gasteiger partial charge in [-0.3, -0.25) is 9.59 Å². The minimum Gasteiger partial charge on any atom is -0.545 e. The number of quaternary nitrogens is 1. The molecule has 9 heteroatoms. The molecule has 0 radical (unpaired) electrons. The predicted molar refractivity (Wildman–Crippen MR) is 384 cm³/mol. The number of rotatable bonds is 68. The van der Waals surface area contributed by atoms with Crippen molar-refractivity contribution in [3.8, 4) is 0 Å². The summed E-state index contributed by atoms with van der Waals surface area (Å²) < 4.78 is 22.8. The molecule has 2 unspecified atom stereocenters. The van der Waals surface area contributed by atoms with Crippen LogP contribution in [0.25, 0.3) is 0 Å². The average Bonchev–Trinajstić information content (AvgIpc) is 3.65. The molecule has 0 bridgehead atoms. The average molecular weight is 1260 g/mol. The van der Waals surface area contributed by atoms with Gasteiger partial charge in [-0.05, 0) is 89.9 Å². The second kappa shape index (κ2) is 70.6. The second-order valence-corrected chi connectivity index (χ2v) is 25.9. The summed E-state index contributed by atoms with van der Waals surface area (Å²) in [5, 5.41) is 11.8. The lowest BCUT2D eigenvalue weighted by Gasteiger charge is -2.26. The molecule has 0 aliphatic rings.